The van der Waals surface area contributed by atoms with Gasteiger partial charge in [0, 0.05) is 17.8 Å². The Morgan fingerprint density at radius 2 is 2.06 bits per heavy atom. The topological polar surface area (TPSA) is 12.0 Å². The second-order valence-electron chi connectivity index (χ2n) is 4.33. The Hall–Kier alpha value is -0.730. The molecule has 1 aromatic rings. The predicted molar refractivity (Wildman–Crippen MR) is 73.8 cm³/mol. The number of thioether (sulfide) groups is 1. The number of rotatable bonds is 6. The van der Waals surface area contributed by atoms with Gasteiger partial charge in [-0.15, -0.1) is 0 Å². The van der Waals surface area contributed by atoms with Crippen LogP contribution in [0, 0.1) is 0 Å². The monoisotopic (exact) mass is 233 g/mol. The normalized spacial score (nSPS) is 17.8. The largest absolute Gasteiger partial charge is 0.312 e. The lowest BCUT2D eigenvalue weighted by Gasteiger charge is -2.11. The van der Waals surface area contributed by atoms with E-state index in [1.54, 1.807) is 0 Å². The Morgan fingerprint density at radius 3 is 2.69 bits per heavy atom. The zero-order valence-electron chi connectivity index (χ0n) is 9.78. The van der Waals surface area contributed by atoms with Gasteiger partial charge in [0.15, 0.2) is 0 Å². The molecule has 0 spiro atoms. The van der Waals surface area contributed by atoms with Crippen molar-refractivity contribution < 1.29 is 0 Å². The Labute approximate surface area is 102 Å². The van der Waals surface area contributed by atoms with Crippen molar-refractivity contribution >= 4 is 17.8 Å². The van der Waals surface area contributed by atoms with E-state index in [1.807, 2.05) is 17.8 Å². The van der Waals surface area contributed by atoms with Crippen LogP contribution in [0.25, 0.3) is 6.08 Å². The molecule has 0 saturated heterocycles. The summed E-state index contributed by atoms with van der Waals surface area (Å²) >= 11 is 2.01. The molecule has 16 heavy (non-hydrogen) atoms. The molecule has 1 fully saturated rings. The first-order chi connectivity index (χ1) is 7.85. The van der Waals surface area contributed by atoms with Gasteiger partial charge in [-0.3, -0.25) is 0 Å². The first-order valence-corrected chi connectivity index (χ1v) is 7.05. The van der Waals surface area contributed by atoms with Gasteiger partial charge >= 0.3 is 0 Å². The maximum atomic E-state index is 3.50. The summed E-state index contributed by atoms with van der Waals surface area (Å²) in [6, 6.07) is 10.4. The fraction of sp³-hybridized carbons (Fsp3) is 0.429. The lowest BCUT2D eigenvalue weighted by atomic mass is 10.2. The number of benzene rings is 1. The summed E-state index contributed by atoms with van der Waals surface area (Å²) in [6.07, 6.45) is 9.35. The van der Waals surface area contributed by atoms with Crippen LogP contribution in [0.2, 0.25) is 0 Å². The van der Waals surface area contributed by atoms with E-state index in [2.05, 4.69) is 48.0 Å². The molecule has 2 rings (SSSR count). The van der Waals surface area contributed by atoms with Crippen LogP contribution < -0.4 is 5.32 Å². The van der Waals surface area contributed by atoms with E-state index in [-0.39, 0.29) is 0 Å². The lowest BCUT2D eigenvalue weighted by Crippen LogP contribution is -2.25. The fourth-order valence-corrected chi connectivity index (χ4v) is 2.49. The maximum Gasteiger partial charge on any atom is 0.0282 e. The Balaban J connectivity index is 1.67. The van der Waals surface area contributed by atoms with Gasteiger partial charge in [0.2, 0.25) is 0 Å². The second-order valence-corrected chi connectivity index (χ2v) is 5.61. The molecule has 1 aliphatic rings. The Bertz CT molecular complexity index is 341. The minimum Gasteiger partial charge on any atom is -0.312 e. The molecule has 0 heterocycles. The van der Waals surface area contributed by atoms with Gasteiger partial charge in [0.05, 0.1) is 0 Å². The fourth-order valence-electron chi connectivity index (χ4n) is 1.73. The average Bonchev–Trinajstić information content (AvgIpc) is 3.11. The van der Waals surface area contributed by atoms with E-state index < -0.39 is 0 Å². The van der Waals surface area contributed by atoms with Gasteiger partial charge in [0.1, 0.15) is 0 Å². The van der Waals surface area contributed by atoms with Crippen LogP contribution in [0.4, 0.5) is 0 Å². The third kappa shape index (κ3) is 3.39. The van der Waals surface area contributed by atoms with E-state index in [9.17, 15) is 0 Å². The molecule has 1 saturated carbocycles. The molecular formula is C14H19NS. The SMILES string of the molecule is CSC1(CNC/C=C/c2ccccc2)CC1. The van der Waals surface area contributed by atoms with Crippen molar-refractivity contribution in [2.45, 2.75) is 17.6 Å². The Morgan fingerprint density at radius 1 is 1.31 bits per heavy atom. The zero-order valence-corrected chi connectivity index (χ0v) is 10.6. The van der Waals surface area contributed by atoms with Crippen molar-refractivity contribution in [2.24, 2.45) is 0 Å². The summed E-state index contributed by atoms with van der Waals surface area (Å²) in [7, 11) is 0. The highest BCUT2D eigenvalue weighted by molar-refractivity contribution is 8.00. The minimum absolute atomic E-state index is 0.570. The number of hydrogen-bond acceptors (Lipinski definition) is 2. The molecule has 0 unspecified atom stereocenters. The van der Waals surface area contributed by atoms with Gasteiger partial charge in [-0.1, -0.05) is 42.5 Å². The third-order valence-corrected chi connectivity index (χ3v) is 4.48. The van der Waals surface area contributed by atoms with Gasteiger partial charge in [0.25, 0.3) is 0 Å². The summed E-state index contributed by atoms with van der Waals surface area (Å²) in [5.41, 5.74) is 1.27. The van der Waals surface area contributed by atoms with Crippen LogP contribution in [-0.4, -0.2) is 24.1 Å². The van der Waals surface area contributed by atoms with Crippen LogP contribution in [0.3, 0.4) is 0 Å². The maximum absolute atomic E-state index is 3.50. The number of nitrogens with one attached hydrogen (secondary N) is 1. The molecule has 1 N–H and O–H groups in total. The lowest BCUT2D eigenvalue weighted by molar-refractivity contribution is 0.714. The van der Waals surface area contributed by atoms with Crippen LogP contribution >= 0.6 is 11.8 Å². The predicted octanol–water partition coefficient (Wildman–Crippen LogP) is 3.19. The Kier molecular flexibility index (Phi) is 4.08. The average molecular weight is 233 g/mol. The van der Waals surface area contributed by atoms with E-state index >= 15 is 0 Å². The van der Waals surface area contributed by atoms with Gasteiger partial charge in [-0.25, -0.2) is 0 Å². The summed E-state index contributed by atoms with van der Waals surface area (Å²) < 4.78 is 0.570. The standard InChI is InChI=1S/C14H19NS/c1-16-14(9-10-14)12-15-11-5-8-13-6-3-2-4-7-13/h2-8,15H,9-12H2,1H3/b8-5+. The minimum atomic E-state index is 0.570. The molecule has 1 nitrogen and oxygen atoms in total. The molecule has 2 heteroatoms. The van der Waals surface area contributed by atoms with E-state index in [0.29, 0.717) is 4.75 Å². The highest BCUT2D eigenvalue weighted by atomic mass is 32.2. The molecule has 86 valence electrons. The van der Waals surface area contributed by atoms with Crippen LogP contribution in [0.1, 0.15) is 18.4 Å². The molecule has 1 aliphatic carbocycles. The van der Waals surface area contributed by atoms with E-state index in [1.165, 1.54) is 18.4 Å². The highest BCUT2D eigenvalue weighted by Crippen LogP contribution is 2.46. The summed E-state index contributed by atoms with van der Waals surface area (Å²) in [5, 5.41) is 3.50. The summed E-state index contributed by atoms with van der Waals surface area (Å²) in [6.45, 7) is 2.12. The molecule has 0 radical (unpaired) electrons. The molecule has 0 bridgehead atoms. The van der Waals surface area contributed by atoms with E-state index in [0.717, 1.165) is 13.1 Å². The first kappa shape index (κ1) is 11.7. The quantitative estimate of drug-likeness (QED) is 0.757. The molecule has 0 aromatic heterocycles. The molecule has 1 aromatic carbocycles. The van der Waals surface area contributed by atoms with Crippen molar-refractivity contribution in [2.75, 3.05) is 19.3 Å². The van der Waals surface area contributed by atoms with Gasteiger partial charge in [-0.05, 0) is 24.7 Å². The van der Waals surface area contributed by atoms with Crippen LogP contribution in [0.5, 0.6) is 0 Å². The second kappa shape index (κ2) is 5.55. The van der Waals surface area contributed by atoms with Gasteiger partial charge in [-0.2, -0.15) is 11.8 Å². The van der Waals surface area contributed by atoms with E-state index in [4.69, 9.17) is 0 Å². The first-order valence-electron chi connectivity index (χ1n) is 5.82. The zero-order chi connectivity index (χ0) is 11.3. The molecule has 0 amide bonds. The molecule has 0 aliphatic heterocycles. The number of hydrogen-bond donors (Lipinski definition) is 1. The smallest absolute Gasteiger partial charge is 0.0282 e. The van der Waals surface area contributed by atoms with Gasteiger partial charge < -0.3 is 5.32 Å². The third-order valence-electron chi connectivity index (χ3n) is 3.06. The van der Waals surface area contributed by atoms with Crippen molar-refractivity contribution in [1.29, 1.82) is 0 Å². The van der Waals surface area contributed by atoms with Crippen molar-refractivity contribution in [3.63, 3.8) is 0 Å². The van der Waals surface area contributed by atoms with Crippen molar-refractivity contribution in [3.8, 4) is 0 Å². The molecule has 0 atom stereocenters. The van der Waals surface area contributed by atoms with Crippen molar-refractivity contribution in [3.05, 3.63) is 42.0 Å². The highest BCUT2D eigenvalue weighted by Gasteiger charge is 2.40. The molecular weight excluding hydrogens is 214 g/mol. The summed E-state index contributed by atoms with van der Waals surface area (Å²) in [4.78, 5) is 0. The van der Waals surface area contributed by atoms with Crippen molar-refractivity contribution in [1.82, 2.24) is 5.32 Å². The van der Waals surface area contributed by atoms with Crippen LogP contribution in [0.15, 0.2) is 36.4 Å². The van der Waals surface area contributed by atoms with Crippen LogP contribution in [-0.2, 0) is 0 Å². The summed E-state index contributed by atoms with van der Waals surface area (Å²) in [5.74, 6) is 0.